The first-order valence-electron chi connectivity index (χ1n) is 9.48. The summed E-state index contributed by atoms with van der Waals surface area (Å²) in [6.45, 7) is 2.50. The number of halogens is 1. The van der Waals surface area contributed by atoms with Crippen molar-refractivity contribution in [2.75, 3.05) is 6.54 Å². The fraction of sp³-hybridized carbons (Fsp3) is 0.174. The van der Waals surface area contributed by atoms with E-state index >= 15 is 0 Å². The van der Waals surface area contributed by atoms with E-state index < -0.39 is 17.5 Å². The number of hydrogen-bond donors (Lipinski definition) is 1. The van der Waals surface area contributed by atoms with Crippen LogP contribution in [-0.4, -0.2) is 18.4 Å². The summed E-state index contributed by atoms with van der Waals surface area (Å²) in [5, 5.41) is 3.84. The highest BCUT2D eigenvalue weighted by Gasteiger charge is 2.14. The van der Waals surface area contributed by atoms with E-state index in [1.54, 1.807) is 42.5 Å². The molecule has 1 amide bonds. The molecule has 30 heavy (non-hydrogen) atoms. The zero-order valence-corrected chi connectivity index (χ0v) is 17.1. The number of esters is 1. The van der Waals surface area contributed by atoms with E-state index in [1.807, 2.05) is 6.92 Å². The number of unbranched alkanes of at least 4 members (excludes halogenated alkanes) is 1. The first kappa shape index (κ1) is 21.3. The van der Waals surface area contributed by atoms with E-state index in [1.165, 1.54) is 18.2 Å². The zero-order chi connectivity index (χ0) is 21.5. The minimum Gasteiger partial charge on any atom is -0.423 e. The molecule has 0 unspecified atom stereocenters. The largest absolute Gasteiger partial charge is 0.423 e. The average Bonchev–Trinajstić information content (AvgIpc) is 2.73. The van der Waals surface area contributed by atoms with Crippen molar-refractivity contribution in [3.63, 3.8) is 0 Å². The number of fused-ring (bicyclic) bond motifs is 1. The molecule has 3 rings (SSSR count). The predicted molar refractivity (Wildman–Crippen MR) is 116 cm³/mol. The van der Waals surface area contributed by atoms with Gasteiger partial charge in [0.2, 0.25) is 0 Å². The van der Waals surface area contributed by atoms with Crippen molar-refractivity contribution in [3.05, 3.63) is 81.2 Å². The molecule has 3 aromatic rings. The molecule has 0 aliphatic rings. The van der Waals surface area contributed by atoms with Crippen LogP contribution in [0.3, 0.4) is 0 Å². The topological polar surface area (TPSA) is 85.6 Å². The molecule has 0 aliphatic heterocycles. The quantitative estimate of drug-likeness (QED) is 0.197. The van der Waals surface area contributed by atoms with Crippen LogP contribution in [0.1, 0.15) is 35.7 Å². The molecule has 1 aromatic heterocycles. The number of nitrogens with one attached hydrogen (secondary N) is 1. The number of rotatable bonds is 7. The lowest BCUT2D eigenvalue weighted by molar-refractivity contribution is -0.128. The Bertz CT molecular complexity index is 1150. The Morgan fingerprint density at radius 3 is 2.63 bits per heavy atom. The number of carbonyl (C=O) groups excluding carboxylic acids is 2. The molecular formula is C23H20ClNO5. The molecule has 0 fully saturated rings. The van der Waals surface area contributed by atoms with Crippen LogP contribution in [0.15, 0.2) is 63.8 Å². The number of carbonyl (C=O) groups is 2. The molecule has 0 atom stereocenters. The lowest BCUT2D eigenvalue weighted by Crippen LogP contribution is -2.28. The fourth-order valence-corrected chi connectivity index (χ4v) is 2.80. The van der Waals surface area contributed by atoms with Crippen LogP contribution in [0.2, 0.25) is 5.02 Å². The van der Waals surface area contributed by atoms with Gasteiger partial charge in [-0.15, -0.1) is 0 Å². The van der Waals surface area contributed by atoms with Crippen molar-refractivity contribution in [2.24, 2.45) is 0 Å². The molecule has 0 spiro atoms. The number of amides is 1. The van der Waals surface area contributed by atoms with Crippen LogP contribution >= 0.6 is 11.6 Å². The third-order valence-electron chi connectivity index (χ3n) is 4.27. The molecule has 0 radical (unpaired) electrons. The van der Waals surface area contributed by atoms with E-state index in [0.29, 0.717) is 17.0 Å². The van der Waals surface area contributed by atoms with Gasteiger partial charge in [0.25, 0.3) is 5.91 Å². The van der Waals surface area contributed by atoms with E-state index in [-0.39, 0.29) is 16.9 Å². The van der Waals surface area contributed by atoms with Crippen LogP contribution in [-0.2, 0) is 4.79 Å². The first-order chi connectivity index (χ1) is 14.5. The summed E-state index contributed by atoms with van der Waals surface area (Å²) in [5.41, 5.74) is 0.208. The lowest BCUT2D eigenvalue weighted by Gasteiger charge is -2.06. The van der Waals surface area contributed by atoms with Gasteiger partial charge < -0.3 is 14.5 Å². The summed E-state index contributed by atoms with van der Waals surface area (Å²) in [6.07, 6.45) is 4.64. The maximum Gasteiger partial charge on any atom is 0.349 e. The standard InChI is InChI=1S/C23H20ClNO5/c1-2-3-12-25-22(27)19-13-16-7-10-18(14-20(16)30-23(19)28)29-21(26)11-6-15-4-8-17(24)9-5-15/h4-11,13-14H,2-3,12H2,1H3,(H,25,27)/b11-6+. The Kier molecular flexibility index (Phi) is 7.03. The smallest absolute Gasteiger partial charge is 0.349 e. The van der Waals surface area contributed by atoms with Gasteiger partial charge >= 0.3 is 11.6 Å². The van der Waals surface area contributed by atoms with Gasteiger partial charge in [-0.2, -0.15) is 0 Å². The highest BCUT2D eigenvalue weighted by Crippen LogP contribution is 2.21. The third kappa shape index (κ3) is 5.58. The summed E-state index contributed by atoms with van der Waals surface area (Å²) in [7, 11) is 0. The Hall–Kier alpha value is -3.38. The van der Waals surface area contributed by atoms with Crippen LogP contribution in [0.5, 0.6) is 5.75 Å². The second kappa shape index (κ2) is 9.89. The Morgan fingerprint density at radius 1 is 1.13 bits per heavy atom. The summed E-state index contributed by atoms with van der Waals surface area (Å²) >= 11 is 5.83. The lowest BCUT2D eigenvalue weighted by atomic mass is 10.1. The van der Waals surface area contributed by atoms with Crippen LogP contribution in [0.25, 0.3) is 17.0 Å². The van der Waals surface area contributed by atoms with Gasteiger partial charge in [-0.25, -0.2) is 9.59 Å². The van der Waals surface area contributed by atoms with Crippen molar-refractivity contribution >= 4 is 40.5 Å². The van der Waals surface area contributed by atoms with Gasteiger partial charge in [0.05, 0.1) is 0 Å². The molecule has 1 heterocycles. The second-order valence-electron chi connectivity index (χ2n) is 6.56. The highest BCUT2D eigenvalue weighted by molar-refractivity contribution is 6.30. The SMILES string of the molecule is CCCCNC(=O)c1cc2ccc(OC(=O)/C=C/c3ccc(Cl)cc3)cc2oc1=O. The molecule has 0 saturated carbocycles. The summed E-state index contributed by atoms with van der Waals surface area (Å²) in [6, 6.07) is 13.1. The van der Waals surface area contributed by atoms with Crippen LogP contribution in [0, 0.1) is 0 Å². The van der Waals surface area contributed by atoms with Crippen molar-refractivity contribution < 1.29 is 18.7 Å². The van der Waals surface area contributed by atoms with Gasteiger partial charge in [-0.1, -0.05) is 37.1 Å². The van der Waals surface area contributed by atoms with Crippen molar-refractivity contribution in [1.82, 2.24) is 5.32 Å². The third-order valence-corrected chi connectivity index (χ3v) is 4.52. The Balaban J connectivity index is 1.72. The van der Waals surface area contributed by atoms with Crippen molar-refractivity contribution in [1.29, 1.82) is 0 Å². The molecule has 1 N–H and O–H groups in total. The number of ether oxygens (including phenoxy) is 1. The maximum absolute atomic E-state index is 12.2. The van der Waals surface area contributed by atoms with Crippen molar-refractivity contribution in [2.45, 2.75) is 19.8 Å². The molecular weight excluding hydrogens is 406 g/mol. The van der Waals surface area contributed by atoms with E-state index in [2.05, 4.69) is 5.32 Å². The minimum atomic E-state index is -0.748. The summed E-state index contributed by atoms with van der Waals surface area (Å²) in [5.74, 6) is -0.836. The molecule has 6 nitrogen and oxygen atoms in total. The average molecular weight is 426 g/mol. The van der Waals surface area contributed by atoms with Gasteiger partial charge in [0.15, 0.2) is 0 Å². The number of benzene rings is 2. The Labute approximate surface area is 178 Å². The predicted octanol–water partition coefficient (Wildman–Crippen LogP) is 4.60. The highest BCUT2D eigenvalue weighted by atomic mass is 35.5. The van der Waals surface area contributed by atoms with E-state index in [4.69, 9.17) is 20.8 Å². The van der Waals surface area contributed by atoms with Gasteiger partial charge in [0, 0.05) is 29.1 Å². The molecule has 7 heteroatoms. The normalized spacial score (nSPS) is 11.0. The van der Waals surface area contributed by atoms with Gasteiger partial charge in [-0.3, -0.25) is 4.79 Å². The Morgan fingerprint density at radius 2 is 1.90 bits per heavy atom. The molecule has 2 aromatic carbocycles. The number of hydrogen-bond acceptors (Lipinski definition) is 5. The zero-order valence-electron chi connectivity index (χ0n) is 16.3. The molecule has 0 aliphatic carbocycles. The molecule has 0 bridgehead atoms. The second-order valence-corrected chi connectivity index (χ2v) is 7.00. The van der Waals surface area contributed by atoms with Crippen molar-refractivity contribution in [3.8, 4) is 5.75 Å². The van der Waals surface area contributed by atoms with Crippen LogP contribution < -0.4 is 15.7 Å². The fourth-order valence-electron chi connectivity index (χ4n) is 2.68. The maximum atomic E-state index is 12.2. The first-order valence-corrected chi connectivity index (χ1v) is 9.85. The van der Waals surface area contributed by atoms with E-state index in [0.717, 1.165) is 18.4 Å². The van der Waals surface area contributed by atoms with Gasteiger partial charge in [0.1, 0.15) is 16.9 Å². The monoisotopic (exact) mass is 425 g/mol. The van der Waals surface area contributed by atoms with E-state index in [9.17, 15) is 14.4 Å². The van der Waals surface area contributed by atoms with Crippen LogP contribution in [0.4, 0.5) is 0 Å². The summed E-state index contributed by atoms with van der Waals surface area (Å²) < 4.78 is 10.5. The molecule has 0 saturated heterocycles. The van der Waals surface area contributed by atoms with Gasteiger partial charge in [-0.05, 0) is 48.4 Å². The molecule has 154 valence electrons. The summed E-state index contributed by atoms with van der Waals surface area (Å²) in [4.78, 5) is 36.4. The minimum absolute atomic E-state index is 0.0609.